The van der Waals surface area contributed by atoms with Gasteiger partial charge in [-0.25, -0.2) is 13.9 Å². The Morgan fingerprint density at radius 3 is 2.49 bits per heavy atom. The van der Waals surface area contributed by atoms with Crippen LogP contribution >= 0.6 is 0 Å². The van der Waals surface area contributed by atoms with Crippen molar-refractivity contribution in [3.05, 3.63) is 66.1 Å². The quantitative estimate of drug-likeness (QED) is 0.190. The number of anilines is 1. The van der Waals surface area contributed by atoms with E-state index < -0.39 is 17.4 Å². The first-order valence-electron chi connectivity index (χ1n) is 15.9. The minimum atomic E-state index is -0.834. The maximum Gasteiger partial charge on any atom is 0.410 e. The molecular formula is C34H39FN6O6. The van der Waals surface area contributed by atoms with Crippen molar-refractivity contribution in [1.82, 2.24) is 24.6 Å². The van der Waals surface area contributed by atoms with Crippen molar-refractivity contribution in [3.63, 3.8) is 0 Å². The molecular weight excluding hydrogens is 607 g/mol. The van der Waals surface area contributed by atoms with Crippen LogP contribution in [0.2, 0.25) is 0 Å². The lowest BCUT2D eigenvalue weighted by molar-refractivity contribution is -0.137. The molecule has 1 N–H and O–H groups in total. The van der Waals surface area contributed by atoms with Crippen molar-refractivity contribution >= 4 is 29.0 Å². The fourth-order valence-electron chi connectivity index (χ4n) is 5.93. The highest BCUT2D eigenvalue weighted by Gasteiger charge is 2.48. The summed E-state index contributed by atoms with van der Waals surface area (Å²) >= 11 is 0. The van der Waals surface area contributed by atoms with Gasteiger partial charge >= 0.3 is 12.1 Å². The van der Waals surface area contributed by atoms with Crippen LogP contribution in [0.15, 0.2) is 54.7 Å². The zero-order valence-corrected chi connectivity index (χ0v) is 26.8. The molecule has 3 aliphatic rings. The lowest BCUT2D eigenvalue weighted by Gasteiger charge is -2.55. The van der Waals surface area contributed by atoms with Crippen LogP contribution in [0.3, 0.4) is 0 Å². The molecule has 2 aromatic carbocycles. The molecule has 0 aliphatic carbocycles. The maximum absolute atomic E-state index is 14.4. The van der Waals surface area contributed by atoms with E-state index in [9.17, 15) is 14.0 Å². The Bertz CT molecular complexity index is 1730. The summed E-state index contributed by atoms with van der Waals surface area (Å²) in [6.07, 6.45) is 4.10. The summed E-state index contributed by atoms with van der Waals surface area (Å²) in [5.74, 6) is -0.197. The van der Waals surface area contributed by atoms with Gasteiger partial charge in [0.2, 0.25) is 11.8 Å². The number of carboxylic acid groups (broad SMARTS) is 1. The van der Waals surface area contributed by atoms with E-state index in [4.69, 9.17) is 29.3 Å². The first kappa shape index (κ1) is 32.0. The Morgan fingerprint density at radius 2 is 1.77 bits per heavy atom. The van der Waals surface area contributed by atoms with Gasteiger partial charge in [0.1, 0.15) is 34.8 Å². The Labute approximate surface area is 272 Å². The molecule has 0 unspecified atom stereocenters. The number of carbonyl (C=O) groups is 2. The van der Waals surface area contributed by atoms with Gasteiger partial charge in [-0.3, -0.25) is 4.79 Å². The van der Waals surface area contributed by atoms with E-state index in [-0.39, 0.29) is 43.6 Å². The number of fused-ring (bicyclic) bond motifs is 3. The molecule has 248 valence electrons. The molecule has 0 saturated carbocycles. The van der Waals surface area contributed by atoms with E-state index in [1.165, 1.54) is 12.1 Å². The summed E-state index contributed by atoms with van der Waals surface area (Å²) in [5, 5.41) is 14.1. The SMILES string of the molecule is CC(C)(C)OC(=O)N1C[C@H]2C[C@@H](C1)N2c1nc(OCc2ccccc2)c2cnn(-c3ccc(F)cc3OCCCCCC(=O)O)c2n1. The summed E-state index contributed by atoms with van der Waals surface area (Å²) in [6, 6.07) is 14.0. The smallest absolute Gasteiger partial charge is 0.410 e. The third-order valence-electron chi connectivity index (χ3n) is 8.12. The highest BCUT2D eigenvalue weighted by Crippen LogP contribution is 2.39. The van der Waals surface area contributed by atoms with Gasteiger partial charge in [0.15, 0.2) is 5.65 Å². The molecule has 2 atom stereocenters. The highest BCUT2D eigenvalue weighted by molar-refractivity contribution is 5.83. The van der Waals surface area contributed by atoms with E-state index in [1.54, 1.807) is 21.8 Å². The monoisotopic (exact) mass is 646 g/mol. The minimum absolute atomic E-state index is 0.00269. The lowest BCUT2D eigenvalue weighted by Crippen LogP contribution is -2.70. The number of carbonyl (C=O) groups excluding carboxylic acids is 1. The third kappa shape index (κ3) is 7.39. The number of nitrogens with zero attached hydrogens (tertiary/aromatic N) is 6. The largest absolute Gasteiger partial charge is 0.491 e. The van der Waals surface area contributed by atoms with Gasteiger partial charge in [-0.2, -0.15) is 15.1 Å². The van der Waals surface area contributed by atoms with Crippen LogP contribution in [0.25, 0.3) is 16.7 Å². The highest BCUT2D eigenvalue weighted by atomic mass is 19.1. The van der Waals surface area contributed by atoms with E-state index in [1.807, 2.05) is 51.1 Å². The molecule has 47 heavy (non-hydrogen) atoms. The Hall–Kier alpha value is -4.94. The molecule has 5 heterocycles. The molecule has 1 amide bonds. The number of ether oxygens (including phenoxy) is 3. The van der Waals surface area contributed by atoms with Crippen LogP contribution in [0.1, 0.15) is 58.4 Å². The number of halogens is 1. The van der Waals surface area contributed by atoms with Gasteiger partial charge in [-0.1, -0.05) is 30.3 Å². The average molecular weight is 647 g/mol. The number of piperidine rings is 1. The van der Waals surface area contributed by atoms with Gasteiger partial charge in [0, 0.05) is 25.6 Å². The Morgan fingerprint density at radius 1 is 1.00 bits per heavy atom. The van der Waals surface area contributed by atoms with Crippen LogP contribution in [0.5, 0.6) is 11.6 Å². The predicted molar refractivity (Wildman–Crippen MR) is 171 cm³/mol. The Balaban J connectivity index is 1.30. The number of hydrogen-bond donors (Lipinski definition) is 1. The van der Waals surface area contributed by atoms with Crippen molar-refractivity contribution < 1.29 is 33.3 Å². The number of benzene rings is 2. The zero-order valence-electron chi connectivity index (χ0n) is 26.8. The molecule has 3 fully saturated rings. The van der Waals surface area contributed by atoms with Crippen molar-refractivity contribution in [2.24, 2.45) is 0 Å². The predicted octanol–water partition coefficient (Wildman–Crippen LogP) is 5.76. The number of rotatable bonds is 12. The molecule has 2 aromatic heterocycles. The molecule has 0 spiro atoms. The first-order valence-corrected chi connectivity index (χ1v) is 15.9. The van der Waals surface area contributed by atoms with Crippen molar-refractivity contribution in [3.8, 4) is 17.3 Å². The zero-order chi connectivity index (χ0) is 33.1. The van der Waals surface area contributed by atoms with E-state index >= 15 is 0 Å². The molecule has 2 bridgehead atoms. The second-order valence-corrected chi connectivity index (χ2v) is 12.9. The number of piperazine rings is 1. The number of carboxylic acids is 1. The lowest BCUT2D eigenvalue weighted by atomic mass is 9.88. The average Bonchev–Trinajstić information content (AvgIpc) is 3.45. The Kier molecular flexibility index (Phi) is 9.15. The van der Waals surface area contributed by atoms with Crippen molar-refractivity contribution in [2.75, 3.05) is 24.6 Å². The van der Waals surface area contributed by atoms with Gasteiger partial charge < -0.3 is 29.1 Å². The van der Waals surface area contributed by atoms with Crippen LogP contribution in [0, 0.1) is 5.82 Å². The molecule has 7 rings (SSSR count). The minimum Gasteiger partial charge on any atom is -0.491 e. The van der Waals surface area contributed by atoms with E-state index in [2.05, 4.69) is 10.00 Å². The fourth-order valence-corrected chi connectivity index (χ4v) is 5.93. The molecule has 4 aromatic rings. The first-order chi connectivity index (χ1) is 22.6. The molecule has 13 heteroatoms. The van der Waals surface area contributed by atoms with E-state index in [0.717, 1.165) is 12.0 Å². The maximum atomic E-state index is 14.4. The number of aliphatic carboxylic acids is 1. The normalized spacial score (nSPS) is 17.4. The van der Waals surface area contributed by atoms with Gasteiger partial charge in [-0.05, 0) is 64.2 Å². The summed E-state index contributed by atoms with van der Waals surface area (Å²) in [6.45, 7) is 7.08. The molecule has 0 radical (unpaired) electrons. The number of amides is 1. The van der Waals surface area contributed by atoms with Crippen molar-refractivity contribution in [2.45, 2.75) is 77.2 Å². The van der Waals surface area contributed by atoms with Crippen molar-refractivity contribution in [1.29, 1.82) is 0 Å². The van der Waals surface area contributed by atoms with Crippen LogP contribution in [-0.2, 0) is 16.1 Å². The summed E-state index contributed by atoms with van der Waals surface area (Å²) in [5.41, 5.74) is 1.34. The summed E-state index contributed by atoms with van der Waals surface area (Å²) in [7, 11) is 0. The number of unbranched alkanes of at least 4 members (excludes halogenated alkanes) is 2. The fraction of sp³-hybridized carbons (Fsp3) is 0.441. The second-order valence-electron chi connectivity index (χ2n) is 12.9. The number of hydrogen-bond acceptors (Lipinski definition) is 9. The van der Waals surface area contributed by atoms with Gasteiger partial charge in [-0.15, -0.1) is 0 Å². The number of aromatic nitrogens is 4. The van der Waals surface area contributed by atoms with Gasteiger partial charge in [0.05, 0.1) is 24.9 Å². The second kappa shape index (κ2) is 13.4. The van der Waals surface area contributed by atoms with Crippen LogP contribution in [-0.4, -0.2) is 79.2 Å². The van der Waals surface area contributed by atoms with E-state index in [0.29, 0.717) is 60.9 Å². The summed E-state index contributed by atoms with van der Waals surface area (Å²) in [4.78, 5) is 37.3. The summed E-state index contributed by atoms with van der Waals surface area (Å²) < 4.78 is 33.9. The van der Waals surface area contributed by atoms with Gasteiger partial charge in [0.25, 0.3) is 0 Å². The topological polar surface area (TPSA) is 132 Å². The van der Waals surface area contributed by atoms with Crippen LogP contribution < -0.4 is 14.4 Å². The molecule has 3 saturated heterocycles. The molecule has 12 nitrogen and oxygen atoms in total. The molecule has 3 aliphatic heterocycles. The standard InChI is InChI=1S/C34H39FN6O6/c1-34(2,3)47-33(44)39-19-24-17-25(20-39)40(24)32-37-30-26(31(38-32)46-21-22-10-6-4-7-11-22)18-36-41(30)27-14-13-23(35)16-28(27)45-15-9-5-8-12-29(42)43/h4,6-7,10-11,13-14,16,18,24-25H,5,8-9,12,15,17,19-21H2,1-3H3,(H,42,43)/t24-,25+. The van der Waals surface area contributed by atoms with Crippen LogP contribution in [0.4, 0.5) is 15.1 Å². The third-order valence-corrected chi connectivity index (χ3v) is 8.12.